The smallest absolute Gasteiger partial charge is 0.343 e. The zero-order chi connectivity index (χ0) is 37.5. The number of amides is 3. The normalized spacial score (nSPS) is 12.4. The van der Waals surface area contributed by atoms with E-state index >= 15 is 0 Å². The van der Waals surface area contributed by atoms with Crippen LogP contribution in [0.1, 0.15) is 58.4 Å². The molecule has 0 radical (unpaired) electrons. The van der Waals surface area contributed by atoms with E-state index < -0.39 is 18.5 Å². The van der Waals surface area contributed by atoms with Crippen LogP contribution in [0.2, 0.25) is 0 Å². The molecule has 0 spiro atoms. The number of benzene rings is 3. The molecule has 3 N–H and O–H groups in total. The van der Waals surface area contributed by atoms with Crippen LogP contribution in [-0.4, -0.2) is 107 Å². The van der Waals surface area contributed by atoms with Crippen LogP contribution < -0.4 is 30.2 Å². The van der Waals surface area contributed by atoms with Crippen molar-refractivity contribution in [3.63, 3.8) is 0 Å². The number of likely N-dealkylation sites (N-methyl/N-ethyl adjacent to an activating group) is 1. The number of unbranched alkanes of at least 4 members (excludes halogenated alkanes) is 2. The summed E-state index contributed by atoms with van der Waals surface area (Å²) in [5, 5.41) is 2.82. The second-order valence-electron chi connectivity index (χ2n) is 12.7. The summed E-state index contributed by atoms with van der Waals surface area (Å²) in [4.78, 5) is 57.4. The summed E-state index contributed by atoms with van der Waals surface area (Å²) >= 11 is 0. The largest absolute Gasteiger partial charge is 0.493 e. The Balaban J connectivity index is 0.00000504. The summed E-state index contributed by atoms with van der Waals surface area (Å²) in [6, 6.07) is 17.0. The van der Waals surface area contributed by atoms with Crippen molar-refractivity contribution < 1.29 is 38.1 Å². The number of aryl methyl sites for hydroxylation is 1. The third-order valence-electron chi connectivity index (χ3n) is 8.72. The number of carbonyl (C=O) groups excluding carboxylic acids is 4. The molecule has 1 fully saturated rings. The van der Waals surface area contributed by atoms with E-state index in [-0.39, 0.29) is 53.6 Å². The van der Waals surface area contributed by atoms with Gasteiger partial charge in [0.25, 0.3) is 11.8 Å². The molecule has 0 bridgehead atoms. The Hall–Kier alpha value is -4.56. The number of anilines is 2. The third-order valence-corrected chi connectivity index (χ3v) is 8.72. The zero-order valence-electron chi connectivity index (χ0n) is 31.5. The van der Waals surface area contributed by atoms with Crippen molar-refractivity contribution >= 4 is 59.9 Å². The standard InChI is InChI=1S/C39H51N5O8.2ClH/c1-28-14-17-32(35(25-28)51-23-9-5-6-13-36(45)44-21-19-42(2)20-22-44)43(3)39(48)29-15-16-31(34(26-29)52-27-37(46)49-4)41-38(47)30-11-7-8-12-33(30)50-24-10-18-40;;/h7-8,11-12,14-17,25-26H,5-6,9-10,13,18-24,27,40H2,1-4H3,(H,41,47);2*1H. The molecule has 4 rings (SSSR count). The van der Waals surface area contributed by atoms with Gasteiger partial charge >= 0.3 is 5.97 Å². The van der Waals surface area contributed by atoms with E-state index in [1.165, 1.54) is 18.1 Å². The van der Waals surface area contributed by atoms with E-state index in [4.69, 9.17) is 24.7 Å². The van der Waals surface area contributed by atoms with Gasteiger partial charge in [0.05, 0.1) is 37.3 Å². The molecule has 15 heteroatoms. The molecule has 0 aliphatic carbocycles. The molecule has 0 unspecified atom stereocenters. The number of para-hydroxylation sites is 1. The molecule has 0 saturated carbocycles. The topological polar surface area (TPSA) is 153 Å². The number of hydrogen-bond donors (Lipinski definition) is 2. The van der Waals surface area contributed by atoms with Gasteiger partial charge in [-0.2, -0.15) is 0 Å². The van der Waals surface area contributed by atoms with Crippen LogP contribution in [0.25, 0.3) is 0 Å². The highest BCUT2D eigenvalue weighted by Crippen LogP contribution is 2.33. The first-order valence-corrected chi connectivity index (χ1v) is 17.7. The molecular formula is C39H53Cl2N5O8. The molecule has 0 aromatic heterocycles. The summed E-state index contributed by atoms with van der Waals surface area (Å²) in [5.74, 6) is -0.201. The second kappa shape index (κ2) is 23.3. The van der Waals surface area contributed by atoms with E-state index in [1.807, 2.05) is 30.0 Å². The molecule has 3 aromatic carbocycles. The first-order chi connectivity index (χ1) is 25.1. The van der Waals surface area contributed by atoms with Gasteiger partial charge in [0.15, 0.2) is 6.61 Å². The summed E-state index contributed by atoms with van der Waals surface area (Å²) in [5.41, 5.74) is 7.92. The van der Waals surface area contributed by atoms with Crippen LogP contribution in [0, 0.1) is 6.92 Å². The number of carbonyl (C=O) groups is 4. The van der Waals surface area contributed by atoms with Crippen molar-refractivity contribution in [1.82, 2.24) is 9.80 Å². The maximum atomic E-state index is 13.9. The summed E-state index contributed by atoms with van der Waals surface area (Å²) < 4.78 is 22.4. The predicted molar refractivity (Wildman–Crippen MR) is 214 cm³/mol. The summed E-state index contributed by atoms with van der Waals surface area (Å²) in [6.07, 6.45) is 3.56. The summed E-state index contributed by atoms with van der Waals surface area (Å²) in [6.45, 7) is 6.13. The zero-order valence-corrected chi connectivity index (χ0v) is 33.1. The highest BCUT2D eigenvalue weighted by Gasteiger charge is 2.22. The molecule has 13 nitrogen and oxygen atoms in total. The van der Waals surface area contributed by atoms with Gasteiger partial charge in [-0.05, 0) is 94.2 Å². The lowest BCUT2D eigenvalue weighted by Crippen LogP contribution is -2.47. The Labute approximate surface area is 330 Å². The fourth-order valence-electron chi connectivity index (χ4n) is 5.58. The van der Waals surface area contributed by atoms with E-state index in [9.17, 15) is 19.2 Å². The van der Waals surface area contributed by atoms with E-state index in [2.05, 4.69) is 17.3 Å². The minimum atomic E-state index is -0.632. The Kier molecular flexibility index (Phi) is 19.7. The van der Waals surface area contributed by atoms with Crippen molar-refractivity contribution in [2.45, 2.75) is 39.0 Å². The average Bonchev–Trinajstić information content (AvgIpc) is 3.15. The number of nitrogens with two attached hydrogens (primary N) is 1. The van der Waals surface area contributed by atoms with Crippen LogP contribution in [-0.2, 0) is 14.3 Å². The van der Waals surface area contributed by atoms with Crippen molar-refractivity contribution in [3.8, 4) is 17.2 Å². The van der Waals surface area contributed by atoms with Gasteiger partial charge < -0.3 is 44.7 Å². The van der Waals surface area contributed by atoms with Crippen molar-refractivity contribution in [2.24, 2.45) is 5.73 Å². The molecule has 3 aromatic rings. The number of halogens is 2. The van der Waals surface area contributed by atoms with Gasteiger partial charge in [0.2, 0.25) is 5.91 Å². The van der Waals surface area contributed by atoms with Gasteiger partial charge in [-0.15, -0.1) is 24.8 Å². The van der Waals surface area contributed by atoms with E-state index in [1.54, 1.807) is 43.4 Å². The Morgan fingerprint density at radius 3 is 2.24 bits per heavy atom. The number of hydrogen-bond acceptors (Lipinski definition) is 10. The molecule has 3 amide bonds. The Morgan fingerprint density at radius 2 is 1.52 bits per heavy atom. The fraction of sp³-hybridized carbons (Fsp3) is 0.436. The highest BCUT2D eigenvalue weighted by molar-refractivity contribution is 6.09. The molecule has 1 saturated heterocycles. The highest BCUT2D eigenvalue weighted by atomic mass is 35.5. The van der Waals surface area contributed by atoms with Crippen LogP contribution >= 0.6 is 24.8 Å². The number of piperazine rings is 1. The lowest BCUT2D eigenvalue weighted by Gasteiger charge is -2.32. The van der Waals surface area contributed by atoms with Crippen LogP contribution in [0.5, 0.6) is 17.2 Å². The number of esters is 1. The Bertz CT molecular complexity index is 1690. The third kappa shape index (κ3) is 13.4. The molecule has 54 heavy (non-hydrogen) atoms. The number of methoxy groups -OCH3 is 1. The molecule has 1 aliphatic heterocycles. The second-order valence-corrected chi connectivity index (χ2v) is 12.7. The van der Waals surface area contributed by atoms with Crippen LogP contribution in [0.3, 0.4) is 0 Å². The molecular weight excluding hydrogens is 737 g/mol. The van der Waals surface area contributed by atoms with Gasteiger partial charge in [-0.25, -0.2) is 4.79 Å². The fourth-order valence-corrected chi connectivity index (χ4v) is 5.58. The quantitative estimate of drug-likeness (QED) is 0.127. The lowest BCUT2D eigenvalue weighted by atomic mass is 10.1. The van der Waals surface area contributed by atoms with Gasteiger partial charge in [-0.3, -0.25) is 14.4 Å². The van der Waals surface area contributed by atoms with Crippen LogP contribution in [0.4, 0.5) is 11.4 Å². The molecule has 0 atom stereocenters. The number of nitrogens with zero attached hydrogens (tertiary/aromatic N) is 3. The number of nitrogens with one attached hydrogen (secondary N) is 1. The minimum Gasteiger partial charge on any atom is -0.493 e. The Morgan fingerprint density at radius 1 is 0.815 bits per heavy atom. The van der Waals surface area contributed by atoms with Crippen molar-refractivity contribution in [1.29, 1.82) is 0 Å². The van der Waals surface area contributed by atoms with E-state index in [0.29, 0.717) is 55.4 Å². The van der Waals surface area contributed by atoms with Crippen LogP contribution in [0.15, 0.2) is 60.7 Å². The first-order valence-electron chi connectivity index (χ1n) is 17.7. The molecule has 1 aliphatic rings. The first kappa shape index (κ1) is 45.6. The number of rotatable bonds is 18. The maximum absolute atomic E-state index is 13.9. The average molecular weight is 791 g/mol. The molecule has 296 valence electrons. The number of ether oxygens (including phenoxy) is 4. The predicted octanol–water partition coefficient (Wildman–Crippen LogP) is 5.36. The molecule has 1 heterocycles. The summed E-state index contributed by atoms with van der Waals surface area (Å²) in [7, 11) is 4.96. The maximum Gasteiger partial charge on any atom is 0.343 e. The van der Waals surface area contributed by atoms with E-state index in [0.717, 1.165) is 51.0 Å². The lowest BCUT2D eigenvalue weighted by molar-refractivity contribution is -0.142. The SMILES string of the molecule is COC(=O)COc1cc(C(=O)N(C)c2ccc(C)cc2OCCCCCC(=O)N2CCN(C)CC2)ccc1NC(=O)c1ccccc1OCCCN.Cl.Cl. The monoisotopic (exact) mass is 789 g/mol. The van der Waals surface area contributed by atoms with Gasteiger partial charge in [0.1, 0.15) is 17.2 Å². The minimum absolute atomic E-state index is 0. The van der Waals surface area contributed by atoms with Gasteiger partial charge in [-0.1, -0.05) is 18.2 Å². The van der Waals surface area contributed by atoms with Crippen molar-refractivity contribution in [3.05, 3.63) is 77.4 Å². The van der Waals surface area contributed by atoms with Gasteiger partial charge in [0, 0.05) is 45.2 Å². The van der Waals surface area contributed by atoms with Crippen molar-refractivity contribution in [2.75, 3.05) is 84.0 Å².